The average molecular weight is 375 g/mol. The van der Waals surface area contributed by atoms with Gasteiger partial charge in [0.25, 0.3) is 0 Å². The van der Waals surface area contributed by atoms with Crippen LogP contribution in [0.2, 0.25) is 0 Å². The van der Waals surface area contributed by atoms with Gasteiger partial charge >= 0.3 is 0 Å². The van der Waals surface area contributed by atoms with Gasteiger partial charge in [0.05, 0.1) is 0 Å². The number of alkyl halides is 3. The highest BCUT2D eigenvalue weighted by atomic mass is 35.6. The van der Waals surface area contributed by atoms with Gasteiger partial charge in [-0.05, 0) is 33.0 Å². The zero-order valence-electron chi connectivity index (χ0n) is 15.1. The molecule has 0 atom stereocenters. The minimum Gasteiger partial charge on any atom is -0.306 e. The minimum absolute atomic E-state index is 0.750. The SMILES string of the molecule is CCCCCCCCN(C)CCCCCCCC.ClC(Cl)Cl. The summed E-state index contributed by atoms with van der Waals surface area (Å²) < 4.78 is -0.750. The van der Waals surface area contributed by atoms with Crippen molar-refractivity contribution in [2.75, 3.05) is 20.1 Å². The largest absolute Gasteiger partial charge is 0.306 e. The summed E-state index contributed by atoms with van der Waals surface area (Å²) in [6, 6.07) is 0. The molecule has 0 radical (unpaired) electrons. The standard InChI is InChI=1S/C17H37N.CHCl3/c1-4-6-8-10-12-14-16-18(3)17-15-13-11-9-7-5-2;2-1(3)4/h4-17H2,1-3H3;1H. The van der Waals surface area contributed by atoms with Crippen molar-refractivity contribution in [2.24, 2.45) is 0 Å². The van der Waals surface area contributed by atoms with Crippen LogP contribution in [0.15, 0.2) is 0 Å². The van der Waals surface area contributed by atoms with Gasteiger partial charge in [0, 0.05) is 0 Å². The van der Waals surface area contributed by atoms with E-state index in [-0.39, 0.29) is 0 Å². The maximum absolute atomic E-state index is 4.81. The van der Waals surface area contributed by atoms with Crippen molar-refractivity contribution in [1.29, 1.82) is 0 Å². The van der Waals surface area contributed by atoms with E-state index >= 15 is 0 Å². The van der Waals surface area contributed by atoms with Crippen LogP contribution in [0.3, 0.4) is 0 Å². The van der Waals surface area contributed by atoms with Crippen LogP contribution in [0.4, 0.5) is 0 Å². The lowest BCUT2D eigenvalue weighted by atomic mass is 10.1. The number of nitrogens with zero attached hydrogens (tertiary/aromatic N) is 1. The van der Waals surface area contributed by atoms with Crippen molar-refractivity contribution >= 4 is 34.8 Å². The quantitative estimate of drug-likeness (QED) is 0.223. The number of rotatable bonds is 14. The van der Waals surface area contributed by atoms with E-state index in [0.717, 1.165) is 0 Å². The van der Waals surface area contributed by atoms with Crippen molar-refractivity contribution < 1.29 is 0 Å². The first kappa shape index (κ1) is 25.1. The average Bonchev–Trinajstić information content (AvgIpc) is 2.46. The normalized spacial score (nSPS) is 10.9. The van der Waals surface area contributed by atoms with Crippen LogP contribution < -0.4 is 0 Å². The third kappa shape index (κ3) is 28.9. The van der Waals surface area contributed by atoms with Crippen molar-refractivity contribution in [3.63, 3.8) is 0 Å². The molecule has 0 bridgehead atoms. The Morgan fingerprint density at radius 3 is 1.18 bits per heavy atom. The molecule has 0 rings (SSSR count). The van der Waals surface area contributed by atoms with Gasteiger partial charge in [-0.15, -0.1) is 0 Å². The minimum atomic E-state index is -0.750. The lowest BCUT2D eigenvalue weighted by Gasteiger charge is -2.16. The molecule has 0 unspecified atom stereocenters. The van der Waals surface area contributed by atoms with Crippen molar-refractivity contribution in [3.05, 3.63) is 0 Å². The van der Waals surface area contributed by atoms with E-state index in [1.165, 1.54) is 90.1 Å². The predicted octanol–water partition coefficient (Wildman–Crippen LogP) is 7.63. The molecule has 136 valence electrons. The van der Waals surface area contributed by atoms with E-state index in [1.807, 2.05) is 0 Å². The molecule has 0 amide bonds. The second kappa shape index (κ2) is 21.8. The van der Waals surface area contributed by atoms with Gasteiger partial charge in [-0.1, -0.05) is 113 Å². The van der Waals surface area contributed by atoms with Crippen LogP contribution in [-0.2, 0) is 0 Å². The summed E-state index contributed by atoms with van der Waals surface area (Å²) in [4.78, 5) is 2.53. The molecule has 1 nitrogen and oxygen atoms in total. The Labute approximate surface area is 155 Å². The van der Waals surface area contributed by atoms with Crippen LogP contribution in [0.5, 0.6) is 0 Å². The molecule has 22 heavy (non-hydrogen) atoms. The van der Waals surface area contributed by atoms with Crippen LogP contribution in [-0.4, -0.2) is 29.3 Å². The molecule has 0 saturated carbocycles. The Morgan fingerprint density at radius 2 is 0.864 bits per heavy atom. The molecule has 0 fully saturated rings. The Balaban J connectivity index is 0. The summed E-state index contributed by atoms with van der Waals surface area (Å²) in [6.45, 7) is 7.19. The molecule has 0 spiro atoms. The maximum Gasteiger partial charge on any atom is 0.180 e. The van der Waals surface area contributed by atoms with Gasteiger partial charge in [0.1, 0.15) is 0 Å². The van der Waals surface area contributed by atoms with Gasteiger partial charge in [-0.3, -0.25) is 0 Å². The number of unbranched alkanes of at least 4 members (excludes halogenated alkanes) is 10. The highest BCUT2D eigenvalue weighted by molar-refractivity contribution is 6.63. The zero-order valence-corrected chi connectivity index (χ0v) is 17.3. The molecule has 0 aliphatic heterocycles. The third-order valence-electron chi connectivity index (χ3n) is 3.79. The smallest absolute Gasteiger partial charge is 0.180 e. The summed E-state index contributed by atoms with van der Waals surface area (Å²) in [5.74, 6) is 0. The van der Waals surface area contributed by atoms with Crippen LogP contribution in [0, 0.1) is 0 Å². The topological polar surface area (TPSA) is 3.24 Å². The van der Waals surface area contributed by atoms with Crippen molar-refractivity contribution in [1.82, 2.24) is 4.90 Å². The summed E-state index contributed by atoms with van der Waals surface area (Å²) in [7, 11) is 2.29. The van der Waals surface area contributed by atoms with E-state index in [0.29, 0.717) is 0 Å². The zero-order chi connectivity index (χ0) is 17.1. The Hall–Kier alpha value is 0.830. The van der Waals surface area contributed by atoms with E-state index in [1.54, 1.807) is 0 Å². The number of hydrogen-bond donors (Lipinski definition) is 0. The fourth-order valence-corrected chi connectivity index (χ4v) is 2.44. The first-order valence-electron chi connectivity index (χ1n) is 9.15. The molecule has 0 heterocycles. The third-order valence-corrected chi connectivity index (χ3v) is 3.79. The highest BCUT2D eigenvalue weighted by Crippen LogP contribution is 2.07. The molecule has 0 saturated heterocycles. The summed E-state index contributed by atoms with van der Waals surface area (Å²) in [5, 5.41) is 0. The van der Waals surface area contributed by atoms with E-state index in [9.17, 15) is 0 Å². The molecule has 4 heteroatoms. The molecule has 0 aromatic rings. The maximum atomic E-state index is 4.81. The lowest BCUT2D eigenvalue weighted by molar-refractivity contribution is 0.314. The fraction of sp³-hybridized carbons (Fsp3) is 1.00. The lowest BCUT2D eigenvalue weighted by Crippen LogP contribution is -2.20. The van der Waals surface area contributed by atoms with Crippen molar-refractivity contribution in [3.8, 4) is 0 Å². The fourth-order valence-electron chi connectivity index (χ4n) is 2.44. The van der Waals surface area contributed by atoms with Crippen molar-refractivity contribution in [2.45, 2.75) is 95.2 Å². The van der Waals surface area contributed by atoms with Crippen LogP contribution in [0.25, 0.3) is 0 Å². The van der Waals surface area contributed by atoms with Gasteiger partial charge in [0.2, 0.25) is 0 Å². The predicted molar refractivity (Wildman–Crippen MR) is 106 cm³/mol. The molecule has 0 aliphatic carbocycles. The molecule has 0 N–H and O–H groups in total. The molecular formula is C18H38Cl3N. The summed E-state index contributed by atoms with van der Waals surface area (Å²) in [5.41, 5.74) is 0. The molecular weight excluding hydrogens is 337 g/mol. The Kier molecular flexibility index (Phi) is 24.9. The van der Waals surface area contributed by atoms with Gasteiger partial charge in [-0.25, -0.2) is 0 Å². The second-order valence-corrected chi connectivity index (χ2v) is 8.07. The first-order valence-corrected chi connectivity index (χ1v) is 10.5. The number of halogens is 3. The van der Waals surface area contributed by atoms with E-state index < -0.39 is 4.30 Å². The van der Waals surface area contributed by atoms with Gasteiger partial charge < -0.3 is 4.90 Å². The Bertz CT molecular complexity index is 170. The summed E-state index contributed by atoms with van der Waals surface area (Å²) in [6.07, 6.45) is 17.0. The van der Waals surface area contributed by atoms with Crippen LogP contribution >= 0.6 is 34.8 Å². The van der Waals surface area contributed by atoms with Gasteiger partial charge in [-0.2, -0.15) is 0 Å². The van der Waals surface area contributed by atoms with E-state index in [4.69, 9.17) is 34.8 Å². The molecule has 0 aromatic heterocycles. The highest BCUT2D eigenvalue weighted by Gasteiger charge is 1.98. The number of hydrogen-bond acceptors (Lipinski definition) is 1. The Morgan fingerprint density at radius 1 is 0.591 bits per heavy atom. The second-order valence-electron chi connectivity index (χ2n) is 6.09. The van der Waals surface area contributed by atoms with E-state index in [2.05, 4.69) is 25.8 Å². The van der Waals surface area contributed by atoms with Gasteiger partial charge in [0.15, 0.2) is 4.30 Å². The summed E-state index contributed by atoms with van der Waals surface area (Å²) >= 11 is 14.4. The molecule has 0 aromatic carbocycles. The molecule has 0 aliphatic rings. The van der Waals surface area contributed by atoms with Crippen LogP contribution in [0.1, 0.15) is 90.9 Å². The first-order chi connectivity index (χ1) is 10.5. The monoisotopic (exact) mass is 373 g/mol.